The number of hydrogen-bond acceptors (Lipinski definition) is 3. The number of rotatable bonds is 19. The molecule has 2 unspecified atom stereocenters. The largest absolute Gasteiger partial charge is 0.487 e. The van der Waals surface area contributed by atoms with Crippen LogP contribution >= 0.6 is 0 Å². The maximum absolute atomic E-state index is 13.9. The molecule has 0 saturated heterocycles. The molecule has 0 fully saturated rings. The van der Waals surface area contributed by atoms with Crippen LogP contribution in [-0.4, -0.2) is 28.9 Å². The molecule has 0 bridgehead atoms. The van der Waals surface area contributed by atoms with E-state index in [-0.39, 0.29) is 13.0 Å². The van der Waals surface area contributed by atoms with Crippen molar-refractivity contribution >= 4 is 0 Å². The van der Waals surface area contributed by atoms with Gasteiger partial charge < -0.3 is 4.74 Å². The summed E-state index contributed by atoms with van der Waals surface area (Å²) < 4.78 is 32.8. The second kappa shape index (κ2) is 17.4. The van der Waals surface area contributed by atoms with E-state index in [1.54, 1.807) is 12.4 Å². The molecule has 0 aliphatic heterocycles. The first-order valence-corrected chi connectivity index (χ1v) is 13.4. The van der Waals surface area contributed by atoms with Crippen molar-refractivity contribution in [3.63, 3.8) is 0 Å². The average molecular weight is 475 g/mol. The van der Waals surface area contributed by atoms with Gasteiger partial charge in [-0.1, -0.05) is 102 Å². The molecule has 5 heteroatoms. The summed E-state index contributed by atoms with van der Waals surface area (Å²) in [6, 6.07) is 8.39. The van der Waals surface area contributed by atoms with Gasteiger partial charge in [0.15, 0.2) is 11.6 Å². The van der Waals surface area contributed by atoms with Crippen LogP contribution in [0.25, 0.3) is 11.4 Å². The van der Waals surface area contributed by atoms with Gasteiger partial charge in [0.1, 0.15) is 19.0 Å². The Morgan fingerprint density at radius 2 is 1.32 bits per heavy atom. The lowest BCUT2D eigenvalue weighted by molar-refractivity contribution is 0.146. The third-order valence-electron chi connectivity index (χ3n) is 6.20. The van der Waals surface area contributed by atoms with E-state index >= 15 is 0 Å². The van der Waals surface area contributed by atoms with Crippen LogP contribution in [0, 0.1) is 0 Å². The standard InChI is InChI=1S/C29H44F2N2O/c1-3-5-6-7-8-9-10-11-12-13-15-24-16-18-25(19-17-24)29-32-21-28(22-33-29)34-23-27(31)20-26(30)14-4-2/h16-19,21-22,26-27H,3-15,20,23H2,1-2H3. The molecule has 0 radical (unpaired) electrons. The van der Waals surface area contributed by atoms with Crippen LogP contribution in [0.3, 0.4) is 0 Å². The van der Waals surface area contributed by atoms with Crippen molar-refractivity contribution in [2.45, 2.75) is 116 Å². The van der Waals surface area contributed by atoms with Gasteiger partial charge in [-0.05, 0) is 24.8 Å². The Labute approximate surface area is 205 Å². The van der Waals surface area contributed by atoms with Gasteiger partial charge in [-0.3, -0.25) is 0 Å². The minimum Gasteiger partial charge on any atom is -0.487 e. The van der Waals surface area contributed by atoms with E-state index in [9.17, 15) is 8.78 Å². The van der Waals surface area contributed by atoms with E-state index in [2.05, 4.69) is 29.0 Å². The summed E-state index contributed by atoms with van der Waals surface area (Å²) in [6.45, 7) is 3.97. The number of hydrogen-bond donors (Lipinski definition) is 0. The number of halogens is 2. The maximum atomic E-state index is 13.9. The maximum Gasteiger partial charge on any atom is 0.159 e. The Morgan fingerprint density at radius 1 is 0.735 bits per heavy atom. The summed E-state index contributed by atoms with van der Waals surface area (Å²) in [5.74, 6) is 1.01. The van der Waals surface area contributed by atoms with E-state index in [0.717, 1.165) is 12.0 Å². The van der Waals surface area contributed by atoms with Crippen molar-refractivity contribution in [1.29, 1.82) is 0 Å². The highest BCUT2D eigenvalue weighted by Gasteiger charge is 2.15. The molecule has 190 valence electrons. The molecule has 2 rings (SSSR count). The lowest BCUT2D eigenvalue weighted by Gasteiger charge is -2.12. The van der Waals surface area contributed by atoms with Crippen molar-refractivity contribution in [3.8, 4) is 17.1 Å². The summed E-state index contributed by atoms with van der Waals surface area (Å²) in [5, 5.41) is 0. The van der Waals surface area contributed by atoms with Gasteiger partial charge in [0.2, 0.25) is 0 Å². The molecular formula is C29H44F2N2O. The van der Waals surface area contributed by atoms with Crippen molar-refractivity contribution in [2.24, 2.45) is 0 Å². The number of benzene rings is 1. The Kier molecular flexibility index (Phi) is 14.4. The third-order valence-corrected chi connectivity index (χ3v) is 6.20. The second-order valence-electron chi connectivity index (χ2n) is 9.40. The van der Waals surface area contributed by atoms with E-state index in [4.69, 9.17) is 4.74 Å². The SMILES string of the molecule is CCCCCCCCCCCCc1ccc(-c2ncc(OCC(F)CC(F)CCC)cn2)cc1. The van der Waals surface area contributed by atoms with Gasteiger partial charge >= 0.3 is 0 Å². The van der Waals surface area contributed by atoms with E-state index in [1.165, 1.54) is 69.8 Å². The summed E-state index contributed by atoms with van der Waals surface area (Å²) >= 11 is 0. The van der Waals surface area contributed by atoms with Gasteiger partial charge in [0.05, 0.1) is 12.4 Å². The zero-order chi connectivity index (χ0) is 24.4. The predicted octanol–water partition coefficient (Wildman–Crippen LogP) is 8.85. The van der Waals surface area contributed by atoms with Gasteiger partial charge in [-0.25, -0.2) is 18.7 Å². The van der Waals surface area contributed by atoms with Gasteiger partial charge in [-0.15, -0.1) is 0 Å². The normalized spacial score (nSPS) is 13.1. The Balaban J connectivity index is 1.64. The lowest BCUT2D eigenvalue weighted by Crippen LogP contribution is -2.18. The predicted molar refractivity (Wildman–Crippen MR) is 138 cm³/mol. The Morgan fingerprint density at radius 3 is 1.91 bits per heavy atom. The molecule has 0 aliphatic rings. The molecule has 2 atom stereocenters. The number of ether oxygens (including phenoxy) is 1. The fourth-order valence-corrected chi connectivity index (χ4v) is 4.14. The van der Waals surface area contributed by atoms with Crippen LogP contribution in [0.5, 0.6) is 5.75 Å². The topological polar surface area (TPSA) is 35.0 Å². The molecule has 1 aromatic carbocycles. The van der Waals surface area contributed by atoms with Crippen molar-refractivity contribution in [1.82, 2.24) is 9.97 Å². The molecule has 0 spiro atoms. The second-order valence-corrected chi connectivity index (χ2v) is 9.40. The number of aryl methyl sites for hydroxylation is 1. The zero-order valence-corrected chi connectivity index (χ0v) is 21.3. The zero-order valence-electron chi connectivity index (χ0n) is 21.3. The summed E-state index contributed by atoms with van der Waals surface area (Å²) in [4.78, 5) is 8.68. The monoisotopic (exact) mass is 474 g/mol. The van der Waals surface area contributed by atoms with E-state index in [0.29, 0.717) is 24.4 Å². The van der Waals surface area contributed by atoms with Gasteiger partial charge in [0, 0.05) is 12.0 Å². The minimum atomic E-state index is -1.33. The highest BCUT2D eigenvalue weighted by atomic mass is 19.1. The number of unbranched alkanes of at least 4 members (excludes halogenated alkanes) is 9. The molecular weight excluding hydrogens is 430 g/mol. The summed E-state index contributed by atoms with van der Waals surface area (Å²) in [6.07, 6.45) is 16.2. The van der Waals surface area contributed by atoms with Gasteiger partial charge in [0.25, 0.3) is 0 Å². The molecule has 0 saturated carbocycles. The van der Waals surface area contributed by atoms with Crippen molar-refractivity contribution in [3.05, 3.63) is 42.2 Å². The van der Waals surface area contributed by atoms with Gasteiger partial charge in [-0.2, -0.15) is 0 Å². The third kappa shape index (κ3) is 11.9. The first-order valence-electron chi connectivity index (χ1n) is 13.4. The average Bonchev–Trinajstić information content (AvgIpc) is 2.85. The molecule has 0 aliphatic carbocycles. The smallest absolute Gasteiger partial charge is 0.159 e. The number of aromatic nitrogens is 2. The molecule has 34 heavy (non-hydrogen) atoms. The first-order chi connectivity index (χ1) is 16.6. The van der Waals surface area contributed by atoms with Crippen LogP contribution in [0.4, 0.5) is 8.78 Å². The van der Waals surface area contributed by atoms with E-state index in [1.807, 2.05) is 19.1 Å². The molecule has 1 heterocycles. The quantitative estimate of drug-likeness (QED) is 0.191. The summed E-state index contributed by atoms with van der Waals surface area (Å²) in [5.41, 5.74) is 2.29. The van der Waals surface area contributed by atoms with Crippen molar-refractivity contribution in [2.75, 3.05) is 6.61 Å². The summed E-state index contributed by atoms with van der Waals surface area (Å²) in [7, 11) is 0. The molecule has 0 amide bonds. The van der Waals surface area contributed by atoms with E-state index < -0.39 is 12.3 Å². The minimum absolute atomic E-state index is 0.127. The fraction of sp³-hybridized carbons (Fsp3) is 0.655. The van der Waals surface area contributed by atoms with Crippen LogP contribution < -0.4 is 4.74 Å². The molecule has 3 nitrogen and oxygen atoms in total. The first kappa shape index (κ1) is 28.2. The van der Waals surface area contributed by atoms with Crippen LogP contribution in [0.1, 0.15) is 103 Å². The van der Waals surface area contributed by atoms with Crippen LogP contribution in [0.15, 0.2) is 36.7 Å². The van der Waals surface area contributed by atoms with Crippen molar-refractivity contribution < 1.29 is 13.5 Å². The number of nitrogens with zero attached hydrogens (tertiary/aromatic N) is 2. The molecule has 2 aromatic rings. The lowest BCUT2D eigenvalue weighted by atomic mass is 10.0. The highest BCUT2D eigenvalue weighted by Crippen LogP contribution is 2.20. The number of alkyl halides is 2. The Hall–Kier alpha value is -2.04. The fourth-order valence-electron chi connectivity index (χ4n) is 4.14. The Bertz CT molecular complexity index is 752. The van der Waals surface area contributed by atoms with Crippen LogP contribution in [-0.2, 0) is 6.42 Å². The molecule has 0 N–H and O–H groups in total. The molecule has 1 aromatic heterocycles. The van der Waals surface area contributed by atoms with Crippen LogP contribution in [0.2, 0.25) is 0 Å². The highest BCUT2D eigenvalue weighted by molar-refractivity contribution is 5.55.